The average Bonchev–Trinajstić information content (AvgIpc) is 2.27. The first-order valence-electron chi connectivity index (χ1n) is 6.01. The van der Waals surface area contributed by atoms with Crippen LogP contribution >= 0.6 is 12.2 Å². The molecule has 1 rings (SSSR count). The third kappa shape index (κ3) is 4.58. The van der Waals surface area contributed by atoms with E-state index in [0.29, 0.717) is 11.6 Å². The van der Waals surface area contributed by atoms with Crippen LogP contribution in [0.15, 0.2) is 12.1 Å². The van der Waals surface area contributed by atoms with Crippen LogP contribution < -0.4 is 10.6 Å². The van der Waals surface area contributed by atoms with E-state index in [2.05, 4.69) is 4.98 Å². The van der Waals surface area contributed by atoms with Crippen LogP contribution in [0.2, 0.25) is 0 Å². The summed E-state index contributed by atoms with van der Waals surface area (Å²) in [6.45, 7) is 7.44. The topological polar surface area (TPSA) is 51.4 Å². The van der Waals surface area contributed by atoms with Crippen LogP contribution in [0.3, 0.4) is 0 Å². The summed E-state index contributed by atoms with van der Waals surface area (Å²) in [5, 5.41) is 0. The summed E-state index contributed by atoms with van der Waals surface area (Å²) in [5.74, 6) is 0.866. The van der Waals surface area contributed by atoms with Gasteiger partial charge in [0.05, 0.1) is 12.7 Å². The van der Waals surface area contributed by atoms with Crippen molar-refractivity contribution in [3.8, 4) is 0 Å². The number of nitrogens with zero attached hydrogens (tertiary/aromatic N) is 2. The fraction of sp³-hybridized carbons (Fsp3) is 0.538. The van der Waals surface area contributed by atoms with Gasteiger partial charge >= 0.3 is 0 Å². The molecule has 0 saturated carbocycles. The SMILES string of the molecule is Cc1cc(C(N)=S)cc(N(C)CCOC(C)C)n1. The first kappa shape index (κ1) is 14.9. The number of ether oxygens (including phenoxy) is 1. The number of hydrogen-bond acceptors (Lipinski definition) is 4. The minimum absolute atomic E-state index is 0.246. The van der Waals surface area contributed by atoms with Gasteiger partial charge < -0.3 is 15.4 Å². The largest absolute Gasteiger partial charge is 0.389 e. The zero-order valence-electron chi connectivity index (χ0n) is 11.4. The van der Waals surface area contributed by atoms with E-state index in [9.17, 15) is 0 Å². The van der Waals surface area contributed by atoms with Crippen LogP contribution in [-0.2, 0) is 4.74 Å². The molecule has 0 unspecified atom stereocenters. The Morgan fingerprint density at radius 3 is 2.72 bits per heavy atom. The third-order valence-corrected chi connectivity index (χ3v) is 2.73. The highest BCUT2D eigenvalue weighted by Crippen LogP contribution is 2.13. The molecule has 4 nitrogen and oxygen atoms in total. The van der Waals surface area contributed by atoms with Gasteiger partial charge in [-0.05, 0) is 32.9 Å². The lowest BCUT2D eigenvalue weighted by Crippen LogP contribution is -2.25. The Balaban J connectivity index is 2.73. The molecule has 100 valence electrons. The number of nitrogens with two attached hydrogens (primary N) is 1. The van der Waals surface area contributed by atoms with Crippen molar-refractivity contribution in [2.75, 3.05) is 25.1 Å². The summed E-state index contributed by atoms with van der Waals surface area (Å²) in [7, 11) is 1.98. The second kappa shape index (κ2) is 6.66. The minimum atomic E-state index is 0.246. The van der Waals surface area contributed by atoms with Gasteiger partial charge in [-0.15, -0.1) is 0 Å². The quantitative estimate of drug-likeness (QED) is 0.798. The molecule has 0 amide bonds. The van der Waals surface area contributed by atoms with Gasteiger partial charge in [-0.2, -0.15) is 0 Å². The third-order valence-electron chi connectivity index (χ3n) is 2.49. The minimum Gasteiger partial charge on any atom is -0.389 e. The molecule has 18 heavy (non-hydrogen) atoms. The molecule has 0 aliphatic heterocycles. The number of aryl methyl sites for hydroxylation is 1. The maximum atomic E-state index is 5.65. The summed E-state index contributed by atoms with van der Waals surface area (Å²) >= 11 is 5.00. The van der Waals surface area contributed by atoms with E-state index in [1.165, 1.54) is 0 Å². The lowest BCUT2D eigenvalue weighted by molar-refractivity contribution is 0.0845. The van der Waals surface area contributed by atoms with Crippen molar-refractivity contribution in [1.29, 1.82) is 0 Å². The molecule has 0 radical (unpaired) electrons. The average molecular weight is 267 g/mol. The van der Waals surface area contributed by atoms with Crippen molar-refractivity contribution in [1.82, 2.24) is 4.98 Å². The van der Waals surface area contributed by atoms with Crippen LogP contribution in [0.5, 0.6) is 0 Å². The van der Waals surface area contributed by atoms with E-state index in [1.807, 2.05) is 44.9 Å². The van der Waals surface area contributed by atoms with Crippen LogP contribution in [0.25, 0.3) is 0 Å². The molecule has 5 heteroatoms. The Morgan fingerprint density at radius 2 is 2.17 bits per heavy atom. The predicted octanol–water partition coefficient (Wildman–Crippen LogP) is 1.89. The highest BCUT2D eigenvalue weighted by Gasteiger charge is 2.07. The maximum Gasteiger partial charge on any atom is 0.129 e. The van der Waals surface area contributed by atoms with Gasteiger partial charge in [0, 0.05) is 24.8 Å². The second-order valence-electron chi connectivity index (χ2n) is 4.56. The van der Waals surface area contributed by atoms with Crippen molar-refractivity contribution < 1.29 is 4.74 Å². The predicted molar refractivity (Wildman–Crippen MR) is 79.2 cm³/mol. The van der Waals surface area contributed by atoms with E-state index in [1.54, 1.807) is 0 Å². The molecule has 0 saturated heterocycles. The van der Waals surface area contributed by atoms with Crippen LogP contribution in [0.1, 0.15) is 25.1 Å². The van der Waals surface area contributed by atoms with Gasteiger partial charge in [0.2, 0.25) is 0 Å². The number of aromatic nitrogens is 1. The van der Waals surface area contributed by atoms with Crippen LogP contribution in [-0.4, -0.2) is 36.3 Å². The van der Waals surface area contributed by atoms with E-state index in [0.717, 1.165) is 23.6 Å². The molecule has 2 N–H and O–H groups in total. The second-order valence-corrected chi connectivity index (χ2v) is 5.00. The fourth-order valence-electron chi connectivity index (χ4n) is 1.53. The van der Waals surface area contributed by atoms with Gasteiger partial charge in [-0.25, -0.2) is 4.98 Å². The summed E-state index contributed by atoms with van der Waals surface area (Å²) in [5.41, 5.74) is 7.41. The lowest BCUT2D eigenvalue weighted by atomic mass is 10.2. The summed E-state index contributed by atoms with van der Waals surface area (Å²) in [6, 6.07) is 3.80. The number of hydrogen-bond donors (Lipinski definition) is 1. The molecule has 0 bridgehead atoms. The first-order valence-corrected chi connectivity index (χ1v) is 6.42. The molecule has 0 aromatic carbocycles. The van der Waals surface area contributed by atoms with Gasteiger partial charge in [-0.1, -0.05) is 12.2 Å². The zero-order chi connectivity index (χ0) is 13.7. The first-order chi connectivity index (χ1) is 8.40. The molecular weight excluding hydrogens is 246 g/mol. The Hall–Kier alpha value is -1.20. The summed E-state index contributed by atoms with van der Waals surface area (Å²) in [6.07, 6.45) is 0.246. The highest BCUT2D eigenvalue weighted by atomic mass is 32.1. The highest BCUT2D eigenvalue weighted by molar-refractivity contribution is 7.80. The molecule has 0 aliphatic carbocycles. The Morgan fingerprint density at radius 1 is 1.50 bits per heavy atom. The molecule has 0 spiro atoms. The summed E-state index contributed by atoms with van der Waals surface area (Å²) < 4.78 is 5.52. The van der Waals surface area contributed by atoms with E-state index in [-0.39, 0.29) is 6.10 Å². The monoisotopic (exact) mass is 267 g/mol. The molecule has 1 aromatic heterocycles. The Kier molecular flexibility index (Phi) is 5.50. The smallest absolute Gasteiger partial charge is 0.129 e. The van der Waals surface area contributed by atoms with Crippen molar-refractivity contribution in [2.45, 2.75) is 26.9 Å². The number of likely N-dealkylation sites (N-methyl/N-ethyl adjacent to an activating group) is 1. The summed E-state index contributed by atoms with van der Waals surface area (Å²) in [4.78, 5) is 6.90. The van der Waals surface area contributed by atoms with E-state index in [4.69, 9.17) is 22.7 Å². The fourth-order valence-corrected chi connectivity index (χ4v) is 1.65. The number of anilines is 1. The molecule has 0 atom stereocenters. The van der Waals surface area contributed by atoms with E-state index >= 15 is 0 Å². The molecular formula is C13H21N3OS. The van der Waals surface area contributed by atoms with Crippen molar-refractivity contribution >= 4 is 23.0 Å². The van der Waals surface area contributed by atoms with Crippen LogP contribution in [0, 0.1) is 6.92 Å². The van der Waals surface area contributed by atoms with Gasteiger partial charge in [0.25, 0.3) is 0 Å². The van der Waals surface area contributed by atoms with Gasteiger partial charge in [0.15, 0.2) is 0 Å². The van der Waals surface area contributed by atoms with Crippen LogP contribution in [0.4, 0.5) is 5.82 Å². The molecule has 0 fully saturated rings. The van der Waals surface area contributed by atoms with Gasteiger partial charge in [-0.3, -0.25) is 0 Å². The number of pyridine rings is 1. The normalized spacial score (nSPS) is 10.7. The Labute approximate surface area is 114 Å². The number of rotatable bonds is 6. The van der Waals surface area contributed by atoms with Gasteiger partial charge in [0.1, 0.15) is 10.8 Å². The molecule has 1 aromatic rings. The lowest BCUT2D eigenvalue weighted by Gasteiger charge is -2.20. The maximum absolute atomic E-state index is 5.65. The Bertz CT molecular complexity index is 421. The zero-order valence-corrected chi connectivity index (χ0v) is 12.3. The molecule has 1 heterocycles. The van der Waals surface area contributed by atoms with Crippen molar-refractivity contribution in [3.05, 3.63) is 23.4 Å². The van der Waals surface area contributed by atoms with Crippen molar-refractivity contribution in [2.24, 2.45) is 5.73 Å². The number of thiocarbonyl (C=S) groups is 1. The van der Waals surface area contributed by atoms with Crippen molar-refractivity contribution in [3.63, 3.8) is 0 Å². The molecule has 0 aliphatic rings. The van der Waals surface area contributed by atoms with E-state index < -0.39 is 0 Å². The standard InChI is InChI=1S/C13H21N3OS/c1-9(2)17-6-5-16(4)12-8-11(13(14)18)7-10(3)15-12/h7-9H,5-6H2,1-4H3,(H2,14,18).